The Kier molecular flexibility index (Phi) is 9.14. The number of hydrogen-bond donors (Lipinski definition) is 3. The summed E-state index contributed by atoms with van der Waals surface area (Å²) in [5, 5.41) is 15.6. The lowest BCUT2D eigenvalue weighted by atomic mass is 10.1. The van der Waals surface area contributed by atoms with Gasteiger partial charge in [-0.25, -0.2) is 9.37 Å². The van der Waals surface area contributed by atoms with Crippen LogP contribution in [0.3, 0.4) is 0 Å². The zero-order chi connectivity index (χ0) is 21.2. The first-order chi connectivity index (χ1) is 13.9. The van der Waals surface area contributed by atoms with Crippen LogP contribution in [0.2, 0.25) is 0 Å². The molecule has 2 aromatic rings. The third-order valence-corrected chi connectivity index (χ3v) is 5.14. The quantitative estimate of drug-likeness (QED) is 0.482. The number of aliphatic hydroxyl groups is 1. The predicted molar refractivity (Wildman–Crippen MR) is 110 cm³/mol. The highest BCUT2D eigenvalue weighted by molar-refractivity contribution is 7.99. The summed E-state index contributed by atoms with van der Waals surface area (Å²) in [6, 6.07) is 5.91. The summed E-state index contributed by atoms with van der Waals surface area (Å²) in [5.41, 5.74) is 1.31. The lowest BCUT2D eigenvalue weighted by Crippen LogP contribution is -2.30. The van der Waals surface area contributed by atoms with Gasteiger partial charge in [-0.3, -0.25) is 9.59 Å². The fourth-order valence-corrected chi connectivity index (χ4v) is 3.31. The maximum atomic E-state index is 12.9. The summed E-state index contributed by atoms with van der Waals surface area (Å²) in [4.78, 5) is 28.5. The van der Waals surface area contributed by atoms with Gasteiger partial charge in [-0.05, 0) is 30.0 Å². The maximum absolute atomic E-state index is 12.9. The van der Waals surface area contributed by atoms with Gasteiger partial charge in [0.2, 0.25) is 11.8 Å². The van der Waals surface area contributed by atoms with Crippen LogP contribution in [-0.2, 0) is 29.3 Å². The molecular formula is C20H27FN4O3S. The number of nitrogens with zero attached hydrogens (tertiary/aromatic N) is 2. The zero-order valence-electron chi connectivity index (χ0n) is 16.7. The number of carbonyl (C=O) groups is 2. The molecular weight excluding hydrogens is 395 g/mol. The molecule has 0 unspecified atom stereocenters. The highest BCUT2D eigenvalue weighted by Crippen LogP contribution is 2.18. The molecule has 29 heavy (non-hydrogen) atoms. The normalized spacial score (nSPS) is 10.9. The summed E-state index contributed by atoms with van der Waals surface area (Å²) < 4.78 is 14.5. The third kappa shape index (κ3) is 7.86. The average molecular weight is 423 g/mol. The van der Waals surface area contributed by atoms with Crippen LogP contribution < -0.4 is 10.6 Å². The van der Waals surface area contributed by atoms with Gasteiger partial charge in [0.1, 0.15) is 12.4 Å². The molecule has 1 aromatic carbocycles. The number of amides is 2. The Morgan fingerprint density at radius 3 is 2.59 bits per heavy atom. The van der Waals surface area contributed by atoms with Crippen molar-refractivity contribution in [2.45, 2.75) is 45.1 Å². The Balaban J connectivity index is 1.86. The second kappa shape index (κ2) is 11.6. The summed E-state index contributed by atoms with van der Waals surface area (Å²) in [7, 11) is 0. The highest BCUT2D eigenvalue weighted by atomic mass is 32.2. The predicted octanol–water partition coefficient (Wildman–Crippen LogP) is 2.09. The van der Waals surface area contributed by atoms with E-state index in [0.29, 0.717) is 29.9 Å². The van der Waals surface area contributed by atoms with Crippen LogP contribution in [0.1, 0.15) is 31.5 Å². The van der Waals surface area contributed by atoms with Crippen molar-refractivity contribution in [1.29, 1.82) is 0 Å². The van der Waals surface area contributed by atoms with Gasteiger partial charge in [0, 0.05) is 13.1 Å². The minimum Gasteiger partial charge on any atom is -0.390 e. The lowest BCUT2D eigenvalue weighted by molar-refractivity contribution is -0.122. The largest absolute Gasteiger partial charge is 0.390 e. The van der Waals surface area contributed by atoms with Crippen molar-refractivity contribution in [3.8, 4) is 0 Å². The fourth-order valence-electron chi connectivity index (χ4n) is 2.49. The Morgan fingerprint density at radius 1 is 1.21 bits per heavy atom. The molecule has 2 rings (SSSR count). The van der Waals surface area contributed by atoms with E-state index in [1.54, 1.807) is 16.7 Å². The van der Waals surface area contributed by atoms with Gasteiger partial charge in [-0.1, -0.05) is 37.7 Å². The SMILES string of the molecule is CC(C)CCNC(=O)Cn1c(CO)cnc1SCC(=O)NCc1ccc(F)cc1. The van der Waals surface area contributed by atoms with Crippen molar-refractivity contribution < 1.29 is 19.1 Å². The first kappa shape index (κ1) is 22.9. The minimum absolute atomic E-state index is 0.0352. The molecule has 0 fully saturated rings. The number of nitrogens with one attached hydrogen (secondary N) is 2. The number of halogens is 1. The van der Waals surface area contributed by atoms with Crippen molar-refractivity contribution in [1.82, 2.24) is 20.2 Å². The minimum atomic E-state index is -0.324. The van der Waals surface area contributed by atoms with Crippen molar-refractivity contribution in [2.75, 3.05) is 12.3 Å². The summed E-state index contributed by atoms with van der Waals surface area (Å²) in [6.07, 6.45) is 2.39. The maximum Gasteiger partial charge on any atom is 0.240 e. The van der Waals surface area contributed by atoms with Gasteiger partial charge in [0.05, 0.1) is 24.3 Å². The van der Waals surface area contributed by atoms with Gasteiger partial charge in [-0.15, -0.1) is 0 Å². The molecule has 0 aliphatic rings. The lowest BCUT2D eigenvalue weighted by Gasteiger charge is -2.12. The van der Waals surface area contributed by atoms with E-state index >= 15 is 0 Å². The van der Waals surface area contributed by atoms with Gasteiger partial charge >= 0.3 is 0 Å². The first-order valence-electron chi connectivity index (χ1n) is 9.45. The Bertz CT molecular complexity index is 809. The number of rotatable bonds is 11. The molecule has 158 valence electrons. The molecule has 0 spiro atoms. The van der Waals surface area contributed by atoms with Gasteiger partial charge in [0.15, 0.2) is 5.16 Å². The van der Waals surface area contributed by atoms with E-state index in [1.807, 2.05) is 0 Å². The summed E-state index contributed by atoms with van der Waals surface area (Å²) in [5.74, 6) is -0.0915. The molecule has 1 heterocycles. The van der Waals surface area contributed by atoms with Crippen molar-refractivity contribution in [3.05, 3.63) is 47.5 Å². The molecule has 2 amide bonds. The van der Waals surface area contributed by atoms with E-state index < -0.39 is 0 Å². The monoisotopic (exact) mass is 422 g/mol. The number of benzene rings is 1. The van der Waals surface area contributed by atoms with E-state index in [4.69, 9.17) is 0 Å². The zero-order valence-corrected chi connectivity index (χ0v) is 17.5. The highest BCUT2D eigenvalue weighted by Gasteiger charge is 2.15. The number of imidazole rings is 1. The standard InChI is InChI=1S/C20H27FN4O3S/c1-14(2)7-8-22-18(27)11-25-17(12-26)10-24-20(25)29-13-19(28)23-9-15-3-5-16(21)6-4-15/h3-6,10,14,26H,7-9,11-13H2,1-2H3,(H,22,27)(H,23,28). The van der Waals surface area contributed by atoms with Crippen LogP contribution in [0.25, 0.3) is 0 Å². The molecule has 0 radical (unpaired) electrons. The second-order valence-corrected chi connectivity index (χ2v) is 7.94. The molecule has 3 N–H and O–H groups in total. The van der Waals surface area contributed by atoms with Gasteiger partial charge in [-0.2, -0.15) is 0 Å². The molecule has 9 heteroatoms. The average Bonchev–Trinajstić information content (AvgIpc) is 3.07. The summed E-state index contributed by atoms with van der Waals surface area (Å²) >= 11 is 1.19. The van der Waals surface area contributed by atoms with E-state index in [0.717, 1.165) is 12.0 Å². The molecule has 0 aliphatic carbocycles. The Hall–Kier alpha value is -2.39. The van der Waals surface area contributed by atoms with E-state index in [1.165, 1.54) is 30.1 Å². The molecule has 1 aromatic heterocycles. The topological polar surface area (TPSA) is 96.2 Å². The molecule has 0 saturated carbocycles. The summed E-state index contributed by atoms with van der Waals surface area (Å²) in [6.45, 7) is 4.85. The van der Waals surface area contributed by atoms with E-state index in [-0.39, 0.29) is 36.5 Å². The van der Waals surface area contributed by atoms with E-state index in [9.17, 15) is 19.1 Å². The smallest absolute Gasteiger partial charge is 0.240 e. The molecule has 0 bridgehead atoms. The second-order valence-electron chi connectivity index (χ2n) is 7.00. The molecule has 0 aliphatic heterocycles. The van der Waals surface area contributed by atoms with Crippen molar-refractivity contribution in [2.24, 2.45) is 5.92 Å². The Morgan fingerprint density at radius 2 is 1.93 bits per heavy atom. The number of thioether (sulfide) groups is 1. The Labute approximate surface area is 174 Å². The van der Waals surface area contributed by atoms with Crippen LogP contribution in [0, 0.1) is 11.7 Å². The van der Waals surface area contributed by atoms with Gasteiger partial charge < -0.3 is 20.3 Å². The number of hydrogen-bond acceptors (Lipinski definition) is 5. The number of aromatic nitrogens is 2. The van der Waals surface area contributed by atoms with Crippen molar-refractivity contribution in [3.63, 3.8) is 0 Å². The van der Waals surface area contributed by atoms with Crippen molar-refractivity contribution >= 4 is 23.6 Å². The molecule has 0 saturated heterocycles. The molecule has 7 nitrogen and oxygen atoms in total. The van der Waals surface area contributed by atoms with Crippen LogP contribution in [-0.4, -0.2) is 38.8 Å². The van der Waals surface area contributed by atoms with E-state index in [2.05, 4.69) is 29.5 Å². The number of aliphatic hydroxyl groups excluding tert-OH is 1. The van der Waals surface area contributed by atoms with Crippen LogP contribution in [0.5, 0.6) is 0 Å². The third-order valence-electron chi connectivity index (χ3n) is 4.14. The fraction of sp³-hybridized carbons (Fsp3) is 0.450. The van der Waals surface area contributed by atoms with Gasteiger partial charge in [0.25, 0.3) is 0 Å². The first-order valence-corrected chi connectivity index (χ1v) is 10.4. The molecule has 0 atom stereocenters. The van der Waals surface area contributed by atoms with Crippen LogP contribution in [0.15, 0.2) is 35.6 Å². The number of carbonyl (C=O) groups excluding carboxylic acids is 2. The van der Waals surface area contributed by atoms with Crippen LogP contribution in [0.4, 0.5) is 4.39 Å². The van der Waals surface area contributed by atoms with Crippen LogP contribution >= 0.6 is 11.8 Å².